The number of rotatable bonds is 2. The topological polar surface area (TPSA) is 79.4 Å². The molecule has 0 saturated carbocycles. The van der Waals surface area contributed by atoms with Crippen LogP contribution in [0.2, 0.25) is 0 Å². The van der Waals surface area contributed by atoms with Crippen molar-refractivity contribution in [3.63, 3.8) is 0 Å². The summed E-state index contributed by atoms with van der Waals surface area (Å²) < 4.78 is 1.01. The first-order valence-corrected chi connectivity index (χ1v) is 7.88. The summed E-state index contributed by atoms with van der Waals surface area (Å²) in [5.41, 5.74) is 2.86. The van der Waals surface area contributed by atoms with Gasteiger partial charge in [0.15, 0.2) is 5.82 Å². The number of nitrogens with one attached hydrogen (secondary N) is 2. The van der Waals surface area contributed by atoms with Crippen LogP contribution in [-0.2, 0) is 0 Å². The Hall–Kier alpha value is -3.06. The van der Waals surface area contributed by atoms with E-state index in [1.165, 1.54) is 0 Å². The minimum atomic E-state index is 0.789. The average Bonchev–Trinajstić information content (AvgIpc) is 3.19. The van der Waals surface area contributed by atoms with Crippen molar-refractivity contribution in [1.82, 2.24) is 25.1 Å². The van der Waals surface area contributed by atoms with Crippen molar-refractivity contribution in [3.05, 3.63) is 49.1 Å². The molecule has 0 spiro atoms. The summed E-state index contributed by atoms with van der Waals surface area (Å²) in [5.74, 6) is 0.789. The van der Waals surface area contributed by atoms with Crippen molar-refractivity contribution in [3.8, 4) is 0 Å². The molecular weight excluding hydrogens is 308 g/mol. The van der Waals surface area contributed by atoms with Crippen LogP contribution in [0.25, 0.3) is 31.3 Å². The molecular formula is C16H10N6S. The summed E-state index contributed by atoms with van der Waals surface area (Å²) in [6, 6.07) is 10.0. The minimum absolute atomic E-state index is 0.789. The van der Waals surface area contributed by atoms with Gasteiger partial charge >= 0.3 is 0 Å². The van der Waals surface area contributed by atoms with Crippen molar-refractivity contribution in [1.29, 1.82) is 0 Å². The van der Waals surface area contributed by atoms with Crippen molar-refractivity contribution in [2.24, 2.45) is 0 Å². The molecule has 0 atom stereocenters. The van der Waals surface area contributed by atoms with Crippen LogP contribution in [0, 0.1) is 0 Å². The third-order valence-electron chi connectivity index (χ3n) is 3.73. The van der Waals surface area contributed by atoms with Gasteiger partial charge in [-0.05, 0) is 30.3 Å². The SMILES string of the molecule is c1cnc2sc3c(Nc4ccc5cn[nH]c5c4)ncnc3c2c1. The van der Waals surface area contributed by atoms with E-state index in [2.05, 4.69) is 30.5 Å². The van der Waals surface area contributed by atoms with Gasteiger partial charge in [0.05, 0.1) is 21.9 Å². The molecule has 1 aromatic carbocycles. The Morgan fingerprint density at radius 1 is 1.09 bits per heavy atom. The number of fused-ring (bicyclic) bond motifs is 4. The van der Waals surface area contributed by atoms with E-state index in [4.69, 9.17) is 0 Å². The number of hydrogen-bond acceptors (Lipinski definition) is 6. The van der Waals surface area contributed by atoms with Crippen LogP contribution in [0.15, 0.2) is 49.1 Å². The van der Waals surface area contributed by atoms with E-state index < -0.39 is 0 Å². The van der Waals surface area contributed by atoms with E-state index in [1.54, 1.807) is 30.1 Å². The molecule has 5 aromatic rings. The first-order chi connectivity index (χ1) is 11.4. The van der Waals surface area contributed by atoms with Gasteiger partial charge in [-0.2, -0.15) is 5.10 Å². The van der Waals surface area contributed by atoms with E-state index in [0.29, 0.717) is 0 Å². The normalized spacial score (nSPS) is 11.5. The van der Waals surface area contributed by atoms with E-state index in [1.807, 2.05) is 30.3 Å². The van der Waals surface area contributed by atoms with Gasteiger partial charge in [-0.15, -0.1) is 11.3 Å². The Kier molecular flexibility index (Phi) is 2.56. The molecule has 0 aliphatic carbocycles. The van der Waals surface area contributed by atoms with Gasteiger partial charge in [-0.1, -0.05) is 0 Å². The minimum Gasteiger partial charge on any atom is -0.339 e. The Morgan fingerprint density at radius 3 is 3.09 bits per heavy atom. The van der Waals surface area contributed by atoms with E-state index in [0.717, 1.165) is 42.8 Å². The molecule has 6 nitrogen and oxygen atoms in total. The van der Waals surface area contributed by atoms with Crippen molar-refractivity contribution < 1.29 is 0 Å². The largest absolute Gasteiger partial charge is 0.339 e. The molecule has 0 saturated heterocycles. The Bertz CT molecular complexity index is 1160. The van der Waals surface area contributed by atoms with Crippen LogP contribution in [0.1, 0.15) is 0 Å². The standard InChI is InChI=1S/C16H10N6S/c1-2-11-13-14(23-16(11)17-5-1)15(19-8-18-13)21-10-4-3-9-7-20-22-12(9)6-10/h1-8H,(H,20,22)(H,18,19,21). The Labute approximate surface area is 134 Å². The van der Waals surface area contributed by atoms with Gasteiger partial charge < -0.3 is 5.32 Å². The highest BCUT2D eigenvalue weighted by molar-refractivity contribution is 7.25. The fraction of sp³-hybridized carbons (Fsp3) is 0. The zero-order valence-electron chi connectivity index (χ0n) is 11.8. The highest BCUT2D eigenvalue weighted by atomic mass is 32.1. The monoisotopic (exact) mass is 318 g/mol. The highest BCUT2D eigenvalue weighted by Gasteiger charge is 2.12. The number of H-pyrrole nitrogens is 1. The van der Waals surface area contributed by atoms with Crippen LogP contribution in [0.5, 0.6) is 0 Å². The van der Waals surface area contributed by atoms with E-state index >= 15 is 0 Å². The second-order valence-corrected chi connectivity index (χ2v) is 6.15. The Morgan fingerprint density at radius 2 is 2.09 bits per heavy atom. The van der Waals surface area contributed by atoms with Crippen LogP contribution in [0.4, 0.5) is 11.5 Å². The van der Waals surface area contributed by atoms with Gasteiger partial charge in [0.2, 0.25) is 0 Å². The predicted octanol–water partition coefficient (Wildman–Crippen LogP) is 3.86. The number of hydrogen-bond donors (Lipinski definition) is 2. The molecule has 0 bridgehead atoms. The van der Waals surface area contributed by atoms with Gasteiger partial charge in [0, 0.05) is 22.7 Å². The fourth-order valence-electron chi connectivity index (χ4n) is 2.65. The molecule has 0 unspecified atom stereocenters. The molecule has 4 aromatic heterocycles. The van der Waals surface area contributed by atoms with Crippen LogP contribution < -0.4 is 5.32 Å². The number of nitrogens with zero attached hydrogens (tertiary/aromatic N) is 4. The molecule has 0 aliphatic heterocycles. The van der Waals surface area contributed by atoms with Crippen molar-refractivity contribution >= 4 is 54.2 Å². The second-order valence-electron chi connectivity index (χ2n) is 5.16. The van der Waals surface area contributed by atoms with Gasteiger partial charge in [-0.25, -0.2) is 15.0 Å². The molecule has 5 rings (SSSR count). The van der Waals surface area contributed by atoms with E-state index in [-0.39, 0.29) is 0 Å². The maximum atomic E-state index is 4.42. The first kappa shape index (κ1) is 12.5. The smallest absolute Gasteiger partial charge is 0.151 e. The predicted molar refractivity (Wildman–Crippen MR) is 92.1 cm³/mol. The van der Waals surface area contributed by atoms with E-state index in [9.17, 15) is 0 Å². The summed E-state index contributed by atoms with van der Waals surface area (Å²) in [7, 11) is 0. The maximum Gasteiger partial charge on any atom is 0.151 e. The molecule has 4 heterocycles. The highest BCUT2D eigenvalue weighted by Crippen LogP contribution is 2.35. The number of anilines is 2. The number of pyridine rings is 1. The third-order valence-corrected chi connectivity index (χ3v) is 4.84. The molecule has 0 fully saturated rings. The molecule has 0 radical (unpaired) electrons. The summed E-state index contributed by atoms with van der Waals surface area (Å²) in [6.45, 7) is 0. The fourth-order valence-corrected chi connectivity index (χ4v) is 3.69. The summed E-state index contributed by atoms with van der Waals surface area (Å²) >= 11 is 1.59. The van der Waals surface area contributed by atoms with Gasteiger partial charge in [0.1, 0.15) is 11.2 Å². The molecule has 110 valence electrons. The van der Waals surface area contributed by atoms with Crippen molar-refractivity contribution in [2.45, 2.75) is 0 Å². The van der Waals surface area contributed by atoms with Crippen LogP contribution in [0.3, 0.4) is 0 Å². The number of aromatic amines is 1. The zero-order chi connectivity index (χ0) is 15.2. The summed E-state index contributed by atoms with van der Waals surface area (Å²) in [4.78, 5) is 14.2. The Balaban J connectivity index is 1.67. The third kappa shape index (κ3) is 1.94. The lowest BCUT2D eigenvalue weighted by Gasteiger charge is -2.06. The van der Waals surface area contributed by atoms with Crippen LogP contribution in [-0.4, -0.2) is 25.1 Å². The lowest BCUT2D eigenvalue weighted by atomic mass is 10.2. The number of thiophene rings is 1. The zero-order valence-corrected chi connectivity index (χ0v) is 12.6. The quantitative estimate of drug-likeness (QED) is 0.516. The molecule has 7 heteroatoms. The summed E-state index contributed by atoms with van der Waals surface area (Å²) in [6.07, 6.45) is 5.18. The average molecular weight is 318 g/mol. The van der Waals surface area contributed by atoms with Gasteiger partial charge in [0.25, 0.3) is 0 Å². The maximum absolute atomic E-state index is 4.42. The second kappa shape index (κ2) is 4.72. The van der Waals surface area contributed by atoms with Crippen molar-refractivity contribution in [2.75, 3.05) is 5.32 Å². The lowest BCUT2D eigenvalue weighted by molar-refractivity contribution is 1.12. The number of aromatic nitrogens is 5. The summed E-state index contributed by atoms with van der Waals surface area (Å²) in [5, 5.41) is 12.5. The lowest BCUT2D eigenvalue weighted by Crippen LogP contribution is -1.94. The molecule has 23 heavy (non-hydrogen) atoms. The number of benzene rings is 1. The molecule has 0 aliphatic rings. The van der Waals surface area contributed by atoms with Gasteiger partial charge in [-0.3, -0.25) is 5.10 Å². The first-order valence-electron chi connectivity index (χ1n) is 7.07. The molecule has 2 N–H and O–H groups in total. The van der Waals surface area contributed by atoms with Crippen LogP contribution >= 0.6 is 11.3 Å². The molecule has 0 amide bonds.